The number of para-hydroxylation sites is 1. The van der Waals surface area contributed by atoms with Crippen molar-refractivity contribution in [1.29, 1.82) is 0 Å². The first kappa shape index (κ1) is 28.9. The van der Waals surface area contributed by atoms with Gasteiger partial charge in [-0.05, 0) is 92.1 Å². The number of anilines is 1. The fourth-order valence-corrected chi connectivity index (χ4v) is 5.30. The zero-order valence-corrected chi connectivity index (χ0v) is 24.6. The van der Waals surface area contributed by atoms with E-state index in [1.165, 1.54) is 0 Å². The molecule has 210 valence electrons. The second kappa shape index (κ2) is 11.2. The molecule has 0 radical (unpaired) electrons. The summed E-state index contributed by atoms with van der Waals surface area (Å²) in [4.78, 5) is 43.7. The molecule has 1 aliphatic rings. The number of benzene rings is 2. The van der Waals surface area contributed by atoms with E-state index in [4.69, 9.17) is 9.47 Å². The van der Waals surface area contributed by atoms with Crippen LogP contribution in [0.3, 0.4) is 0 Å². The van der Waals surface area contributed by atoms with Crippen LogP contribution in [-0.2, 0) is 20.9 Å². The molecule has 1 aromatic heterocycles. The minimum atomic E-state index is -0.748. The van der Waals surface area contributed by atoms with Crippen LogP contribution in [0.15, 0.2) is 42.5 Å². The van der Waals surface area contributed by atoms with Crippen molar-refractivity contribution in [1.82, 2.24) is 4.98 Å². The van der Waals surface area contributed by atoms with Crippen molar-refractivity contribution in [3.8, 4) is 5.75 Å². The van der Waals surface area contributed by atoms with Gasteiger partial charge in [0.15, 0.2) is 0 Å². The van der Waals surface area contributed by atoms with E-state index in [-0.39, 0.29) is 23.9 Å². The molecule has 4 rings (SSSR count). The smallest absolute Gasteiger partial charge is 0.421 e. The summed E-state index contributed by atoms with van der Waals surface area (Å²) in [5, 5.41) is 0. The minimum Gasteiger partial charge on any atom is -0.444 e. The van der Waals surface area contributed by atoms with Gasteiger partial charge in [-0.1, -0.05) is 45.9 Å². The van der Waals surface area contributed by atoms with Crippen molar-refractivity contribution in [2.24, 2.45) is 11.3 Å². The summed E-state index contributed by atoms with van der Waals surface area (Å²) in [6.07, 6.45) is 1.76. The van der Waals surface area contributed by atoms with E-state index in [0.717, 1.165) is 45.0 Å². The first-order valence-electron chi connectivity index (χ1n) is 13.6. The summed E-state index contributed by atoms with van der Waals surface area (Å²) in [5.74, 6) is -0.407. The Bertz CT molecular complexity index is 1480. The van der Waals surface area contributed by atoms with Crippen LogP contribution in [0.5, 0.6) is 5.75 Å². The Morgan fingerprint density at radius 3 is 2.25 bits per heavy atom. The number of nitrogens with one attached hydrogen (secondary N) is 1. The maximum Gasteiger partial charge on any atom is 0.421 e. The summed E-state index contributed by atoms with van der Waals surface area (Å²) in [7, 11) is 0. The van der Waals surface area contributed by atoms with Gasteiger partial charge in [0.05, 0.1) is 17.2 Å². The van der Waals surface area contributed by atoms with Gasteiger partial charge in [0.2, 0.25) is 0 Å². The van der Waals surface area contributed by atoms with E-state index in [1.54, 1.807) is 18.2 Å². The van der Waals surface area contributed by atoms with Crippen LogP contribution >= 0.6 is 0 Å². The maximum atomic E-state index is 13.4. The number of rotatable bonds is 6. The molecule has 0 aliphatic carbocycles. The highest BCUT2D eigenvalue weighted by molar-refractivity contribution is 6.41. The van der Waals surface area contributed by atoms with Gasteiger partial charge < -0.3 is 14.5 Å². The number of nitrogens with zero attached hydrogens (tertiary/aromatic N) is 1. The second-order valence-corrected chi connectivity index (χ2v) is 12.0. The molecule has 7 heteroatoms. The molecule has 1 aliphatic heterocycles. The second-order valence-electron chi connectivity index (χ2n) is 12.0. The van der Waals surface area contributed by atoms with Crippen LogP contribution in [0.2, 0.25) is 0 Å². The number of aromatic nitrogens is 1. The standard InChI is InChI=1S/C33H38N2O5/c1-19-13-23(5)34-27(19)16-26-25-11-9-10-12-28(25)35(30(26)36)32(38)39-18-24-14-20(2)29(21(3)15-24)40-31(37)22(4)17-33(6,7)8/h9-16,22,34H,17-18H2,1-8H3/b26-16-. The molecule has 0 saturated carbocycles. The largest absolute Gasteiger partial charge is 0.444 e. The number of esters is 1. The Balaban J connectivity index is 1.49. The average Bonchev–Trinajstić information content (AvgIpc) is 3.33. The Morgan fingerprint density at radius 1 is 1.00 bits per heavy atom. The molecule has 7 nitrogen and oxygen atoms in total. The lowest BCUT2D eigenvalue weighted by molar-refractivity contribution is -0.139. The van der Waals surface area contributed by atoms with E-state index in [9.17, 15) is 14.4 Å². The SMILES string of the molecule is Cc1cc(C)c(/C=C2\C(=O)N(C(=O)OCc3cc(C)c(OC(=O)C(C)CC(C)(C)C)c(C)c3)c3ccccc32)[nH]1. The summed E-state index contributed by atoms with van der Waals surface area (Å²) < 4.78 is 11.4. The third-order valence-electron chi connectivity index (χ3n) is 6.94. The Morgan fingerprint density at radius 2 is 1.65 bits per heavy atom. The fraction of sp³-hybridized carbons (Fsp3) is 0.364. The van der Waals surface area contributed by atoms with Gasteiger partial charge in [0.25, 0.3) is 5.91 Å². The molecule has 0 bridgehead atoms. The van der Waals surface area contributed by atoms with Crippen molar-refractivity contribution in [2.75, 3.05) is 4.90 Å². The van der Waals surface area contributed by atoms with Gasteiger partial charge in [-0.2, -0.15) is 0 Å². The van der Waals surface area contributed by atoms with Gasteiger partial charge in [0, 0.05) is 17.0 Å². The van der Waals surface area contributed by atoms with E-state index < -0.39 is 12.0 Å². The predicted octanol–water partition coefficient (Wildman–Crippen LogP) is 7.45. The third-order valence-corrected chi connectivity index (χ3v) is 6.94. The van der Waals surface area contributed by atoms with E-state index in [1.807, 2.05) is 65.0 Å². The number of carbonyl (C=O) groups is 3. The lowest BCUT2D eigenvalue weighted by Crippen LogP contribution is -2.33. The molecule has 2 amide bonds. The first-order chi connectivity index (χ1) is 18.7. The molecule has 40 heavy (non-hydrogen) atoms. The number of hydrogen-bond donors (Lipinski definition) is 1. The summed E-state index contributed by atoms with van der Waals surface area (Å²) in [6, 6.07) is 12.9. The quantitative estimate of drug-likeness (QED) is 0.199. The van der Waals surface area contributed by atoms with Crippen LogP contribution in [-0.4, -0.2) is 23.0 Å². The number of aryl methyl sites for hydroxylation is 4. The predicted molar refractivity (Wildman–Crippen MR) is 157 cm³/mol. The monoisotopic (exact) mass is 542 g/mol. The van der Waals surface area contributed by atoms with Crippen molar-refractivity contribution >= 4 is 35.3 Å². The molecule has 0 fully saturated rings. The number of aromatic amines is 1. The van der Waals surface area contributed by atoms with Crippen molar-refractivity contribution < 1.29 is 23.9 Å². The number of H-pyrrole nitrogens is 1. The molecule has 2 heterocycles. The molecular weight excluding hydrogens is 504 g/mol. The molecule has 0 spiro atoms. The van der Waals surface area contributed by atoms with Crippen LogP contribution < -0.4 is 9.64 Å². The van der Waals surface area contributed by atoms with Gasteiger partial charge >= 0.3 is 12.1 Å². The van der Waals surface area contributed by atoms with E-state index in [2.05, 4.69) is 25.8 Å². The Labute approximate surface area is 236 Å². The first-order valence-corrected chi connectivity index (χ1v) is 13.6. The number of carbonyl (C=O) groups excluding carboxylic acids is 3. The Hall–Kier alpha value is -4.13. The van der Waals surface area contributed by atoms with Gasteiger partial charge in [-0.3, -0.25) is 9.59 Å². The van der Waals surface area contributed by atoms with Crippen molar-refractivity contribution in [3.63, 3.8) is 0 Å². The van der Waals surface area contributed by atoms with Gasteiger partial charge in [-0.15, -0.1) is 0 Å². The zero-order valence-electron chi connectivity index (χ0n) is 24.6. The molecule has 0 saturated heterocycles. The number of amides is 2. The fourth-order valence-electron chi connectivity index (χ4n) is 5.30. The van der Waals surface area contributed by atoms with Crippen molar-refractivity contribution in [2.45, 2.75) is 68.4 Å². The van der Waals surface area contributed by atoms with Gasteiger partial charge in [0.1, 0.15) is 12.4 Å². The zero-order chi connectivity index (χ0) is 29.4. The molecule has 3 aromatic rings. The lowest BCUT2D eigenvalue weighted by atomic mass is 9.85. The number of fused-ring (bicyclic) bond motifs is 1. The summed E-state index contributed by atoms with van der Waals surface area (Å²) in [5.41, 5.74) is 6.71. The topological polar surface area (TPSA) is 88.7 Å². The third kappa shape index (κ3) is 6.19. The molecular formula is C33H38N2O5. The molecule has 1 atom stereocenters. The molecule has 1 N–H and O–H groups in total. The highest BCUT2D eigenvalue weighted by atomic mass is 16.6. The summed E-state index contributed by atoms with van der Waals surface area (Å²) >= 11 is 0. The van der Waals surface area contributed by atoms with Crippen LogP contribution in [0.25, 0.3) is 11.6 Å². The van der Waals surface area contributed by atoms with E-state index >= 15 is 0 Å². The summed E-state index contributed by atoms with van der Waals surface area (Å²) in [6.45, 7) is 15.8. The normalized spacial score (nSPS) is 14.8. The highest BCUT2D eigenvalue weighted by Crippen LogP contribution is 2.38. The highest BCUT2D eigenvalue weighted by Gasteiger charge is 2.37. The van der Waals surface area contributed by atoms with Gasteiger partial charge in [-0.25, -0.2) is 9.69 Å². The number of ether oxygens (including phenoxy) is 2. The van der Waals surface area contributed by atoms with Crippen LogP contribution in [0.1, 0.15) is 73.3 Å². The minimum absolute atomic E-state index is 0.0178. The maximum absolute atomic E-state index is 13.4. The number of hydrogen-bond acceptors (Lipinski definition) is 5. The van der Waals surface area contributed by atoms with Crippen molar-refractivity contribution in [3.05, 3.63) is 81.7 Å². The molecule has 1 unspecified atom stereocenters. The number of imide groups is 1. The lowest BCUT2D eigenvalue weighted by Gasteiger charge is -2.22. The van der Waals surface area contributed by atoms with Crippen LogP contribution in [0.4, 0.5) is 10.5 Å². The average molecular weight is 543 g/mol. The Kier molecular flexibility index (Phi) is 8.05. The van der Waals surface area contributed by atoms with Crippen LogP contribution in [0, 0.1) is 39.0 Å². The molecule has 2 aromatic carbocycles. The van der Waals surface area contributed by atoms with E-state index in [0.29, 0.717) is 22.6 Å².